The van der Waals surface area contributed by atoms with Crippen LogP contribution in [-0.4, -0.2) is 16.4 Å². The third-order valence-corrected chi connectivity index (χ3v) is 6.27. The Hall–Kier alpha value is -5.10. The van der Waals surface area contributed by atoms with E-state index in [1.54, 1.807) is 24.3 Å². The molecule has 180 valence electrons. The summed E-state index contributed by atoms with van der Waals surface area (Å²) >= 11 is 0. The topological polar surface area (TPSA) is 60.8 Å². The van der Waals surface area contributed by atoms with Gasteiger partial charge in [0.2, 0.25) is 5.78 Å². The number of ketones is 1. The summed E-state index contributed by atoms with van der Waals surface area (Å²) in [6.45, 7) is 0. The van der Waals surface area contributed by atoms with E-state index in [0.717, 1.165) is 16.5 Å². The molecule has 1 aromatic heterocycles. The smallest absolute Gasteiger partial charge is 0.424 e. The van der Waals surface area contributed by atoms with E-state index >= 15 is 0 Å². The maximum absolute atomic E-state index is 13.3. The highest BCUT2D eigenvalue weighted by Crippen LogP contribution is 2.36. The minimum atomic E-state index is -0.576. The average Bonchev–Trinajstić information content (AvgIpc) is 3.41. The summed E-state index contributed by atoms with van der Waals surface area (Å²) < 4.78 is 13.7. The second-order valence-corrected chi connectivity index (χ2v) is 8.68. The van der Waals surface area contributed by atoms with Crippen LogP contribution in [0.3, 0.4) is 0 Å². The molecule has 0 fully saturated rings. The predicted molar refractivity (Wildman–Crippen MR) is 143 cm³/mol. The van der Waals surface area contributed by atoms with Crippen LogP contribution < -0.4 is 14.4 Å². The molecule has 0 atom stereocenters. The van der Waals surface area contributed by atoms with Crippen LogP contribution in [0, 0.1) is 0 Å². The summed E-state index contributed by atoms with van der Waals surface area (Å²) in [7, 11) is 1.96. The van der Waals surface area contributed by atoms with Crippen molar-refractivity contribution in [2.24, 2.45) is 7.05 Å². The lowest BCUT2D eigenvalue weighted by Gasteiger charge is -2.22. The Bertz CT molecular complexity index is 1630. The fraction of sp³-hybridized carbons (Fsp3) is 0.0323. The fourth-order valence-corrected chi connectivity index (χ4v) is 4.52. The number of ether oxygens (including phenoxy) is 2. The molecule has 0 unspecified atom stereocenters. The monoisotopic (exact) mass is 486 g/mol. The van der Waals surface area contributed by atoms with Gasteiger partial charge in [-0.3, -0.25) is 4.79 Å². The zero-order chi connectivity index (χ0) is 25.4. The Labute approximate surface area is 213 Å². The van der Waals surface area contributed by atoms with Crippen LogP contribution in [0.15, 0.2) is 115 Å². The lowest BCUT2D eigenvalue weighted by molar-refractivity contribution is 0.101. The van der Waals surface area contributed by atoms with Crippen LogP contribution in [-0.2, 0) is 7.05 Å². The molecule has 0 saturated carbocycles. The van der Waals surface area contributed by atoms with Crippen molar-refractivity contribution >= 4 is 40.2 Å². The Kier molecular flexibility index (Phi) is 5.54. The first-order valence-electron chi connectivity index (χ1n) is 11.8. The van der Waals surface area contributed by atoms with Crippen molar-refractivity contribution in [3.8, 4) is 11.5 Å². The van der Waals surface area contributed by atoms with Gasteiger partial charge in [-0.05, 0) is 48.5 Å². The average molecular weight is 487 g/mol. The molecule has 0 N–H and O–H groups in total. The van der Waals surface area contributed by atoms with Gasteiger partial charge in [-0.15, -0.1) is 0 Å². The predicted octanol–water partition coefficient (Wildman–Crippen LogP) is 7.13. The molecule has 0 radical (unpaired) electrons. The van der Waals surface area contributed by atoms with Gasteiger partial charge in [-0.1, -0.05) is 54.6 Å². The number of anilines is 2. The van der Waals surface area contributed by atoms with Crippen LogP contribution in [0.2, 0.25) is 0 Å². The van der Waals surface area contributed by atoms with Crippen LogP contribution in [0.5, 0.6) is 11.5 Å². The van der Waals surface area contributed by atoms with Crippen molar-refractivity contribution in [1.29, 1.82) is 0 Å². The van der Waals surface area contributed by atoms with Crippen molar-refractivity contribution in [3.05, 3.63) is 126 Å². The van der Waals surface area contributed by atoms with E-state index in [4.69, 9.17) is 9.47 Å². The molecule has 1 aliphatic rings. The second-order valence-electron chi connectivity index (χ2n) is 8.68. The normalized spacial score (nSPS) is 13.4. The molecular formula is C31H22N2O4. The molecule has 2 heterocycles. The molecule has 6 nitrogen and oxygen atoms in total. The minimum absolute atomic E-state index is 0.212. The van der Waals surface area contributed by atoms with E-state index in [1.165, 1.54) is 4.90 Å². The van der Waals surface area contributed by atoms with Crippen LogP contribution in [0.4, 0.5) is 16.2 Å². The van der Waals surface area contributed by atoms with Gasteiger partial charge >= 0.3 is 6.09 Å². The molecule has 0 spiro atoms. The number of aryl methyl sites for hydroxylation is 1. The number of hydrogen-bond donors (Lipinski definition) is 0. The van der Waals surface area contributed by atoms with Crippen molar-refractivity contribution in [2.45, 2.75) is 0 Å². The van der Waals surface area contributed by atoms with Crippen molar-refractivity contribution in [2.75, 3.05) is 4.90 Å². The first kappa shape index (κ1) is 22.4. The lowest BCUT2D eigenvalue weighted by Crippen LogP contribution is -2.29. The number of aromatic nitrogens is 1. The number of fused-ring (bicyclic) bond motifs is 2. The quantitative estimate of drug-likeness (QED) is 0.254. The van der Waals surface area contributed by atoms with Gasteiger partial charge in [0.1, 0.15) is 11.5 Å². The number of allylic oxidation sites excluding steroid dienone is 1. The Morgan fingerprint density at radius 3 is 2.22 bits per heavy atom. The summed E-state index contributed by atoms with van der Waals surface area (Å²) in [6, 6.07) is 31.3. The van der Waals surface area contributed by atoms with Gasteiger partial charge in [0.25, 0.3) is 0 Å². The second kappa shape index (κ2) is 9.17. The van der Waals surface area contributed by atoms with E-state index < -0.39 is 6.09 Å². The van der Waals surface area contributed by atoms with Crippen LogP contribution >= 0.6 is 0 Å². The molecule has 1 amide bonds. The van der Waals surface area contributed by atoms with E-state index in [-0.39, 0.29) is 17.3 Å². The number of carbonyl (C=O) groups excluding carboxylic acids is 2. The third kappa shape index (κ3) is 4.15. The number of amides is 1. The minimum Gasteiger partial charge on any atom is -0.452 e. The van der Waals surface area contributed by atoms with Gasteiger partial charge in [-0.25, -0.2) is 9.69 Å². The molecule has 4 aromatic carbocycles. The van der Waals surface area contributed by atoms with Crippen LogP contribution in [0.25, 0.3) is 17.0 Å². The number of carbonyl (C=O) groups is 2. The first-order valence-corrected chi connectivity index (χ1v) is 11.8. The fourth-order valence-electron chi connectivity index (χ4n) is 4.52. The van der Waals surface area contributed by atoms with Gasteiger partial charge < -0.3 is 14.0 Å². The van der Waals surface area contributed by atoms with Crippen molar-refractivity contribution in [3.63, 3.8) is 0 Å². The summed E-state index contributed by atoms with van der Waals surface area (Å²) in [6.07, 6.45) is 3.14. The molecule has 1 aliphatic heterocycles. The summed E-state index contributed by atoms with van der Waals surface area (Å²) in [5.41, 5.74) is 3.72. The van der Waals surface area contributed by atoms with E-state index in [0.29, 0.717) is 22.7 Å². The molecule has 0 bridgehead atoms. The number of rotatable bonds is 4. The van der Waals surface area contributed by atoms with Gasteiger partial charge in [0, 0.05) is 35.8 Å². The SMILES string of the molecule is Cn1cc(C=C2Oc3cc(OC(=O)N(c4ccccc4)c4ccccc4)ccc3C2=O)c2ccccc21. The van der Waals surface area contributed by atoms with E-state index in [9.17, 15) is 9.59 Å². The maximum atomic E-state index is 13.3. The Morgan fingerprint density at radius 2 is 1.51 bits per heavy atom. The number of para-hydroxylation sites is 3. The van der Waals surface area contributed by atoms with E-state index in [1.807, 2.05) is 103 Å². The largest absolute Gasteiger partial charge is 0.452 e. The number of benzene rings is 4. The van der Waals surface area contributed by atoms with Crippen molar-refractivity contribution < 1.29 is 19.1 Å². The molecular weight excluding hydrogens is 464 g/mol. The lowest BCUT2D eigenvalue weighted by atomic mass is 10.1. The van der Waals surface area contributed by atoms with Crippen molar-refractivity contribution in [1.82, 2.24) is 4.57 Å². The zero-order valence-electron chi connectivity index (χ0n) is 20.0. The zero-order valence-corrected chi connectivity index (χ0v) is 20.0. The maximum Gasteiger partial charge on any atom is 0.424 e. The highest BCUT2D eigenvalue weighted by molar-refractivity contribution is 6.15. The summed E-state index contributed by atoms with van der Waals surface area (Å²) in [4.78, 5) is 27.8. The highest BCUT2D eigenvalue weighted by atomic mass is 16.6. The Balaban J connectivity index is 1.28. The number of hydrogen-bond acceptors (Lipinski definition) is 4. The molecule has 6 heteroatoms. The molecule has 37 heavy (non-hydrogen) atoms. The number of nitrogens with zero attached hydrogens (tertiary/aromatic N) is 2. The van der Waals surface area contributed by atoms with Gasteiger partial charge in [0.15, 0.2) is 5.76 Å². The Morgan fingerprint density at radius 1 is 0.865 bits per heavy atom. The molecule has 5 aromatic rings. The number of Topliss-reactive ketones (excluding diaryl/α,β-unsaturated/α-hetero) is 1. The third-order valence-electron chi connectivity index (χ3n) is 6.27. The molecule has 6 rings (SSSR count). The first-order chi connectivity index (χ1) is 18.1. The molecule has 0 aliphatic carbocycles. The standard InChI is InChI=1S/C31H22N2O4/c1-32-20-21(25-14-8-9-15-27(25)32)18-29-30(34)26-17-16-24(19-28(26)37-29)36-31(35)33(22-10-4-2-5-11-22)23-12-6-3-7-13-23/h2-20H,1H3. The highest BCUT2D eigenvalue weighted by Gasteiger charge is 2.29. The van der Waals surface area contributed by atoms with Gasteiger partial charge in [-0.2, -0.15) is 0 Å². The summed E-state index contributed by atoms with van der Waals surface area (Å²) in [5, 5.41) is 1.03. The van der Waals surface area contributed by atoms with E-state index in [2.05, 4.69) is 0 Å². The van der Waals surface area contributed by atoms with Gasteiger partial charge in [0.05, 0.1) is 16.9 Å². The molecule has 0 saturated heterocycles. The summed E-state index contributed by atoms with van der Waals surface area (Å²) in [5.74, 6) is 0.647. The van der Waals surface area contributed by atoms with Crippen LogP contribution in [0.1, 0.15) is 15.9 Å².